The smallest absolute Gasteiger partial charge is 0.191 e. The van der Waals surface area contributed by atoms with E-state index in [0.29, 0.717) is 15.6 Å². The summed E-state index contributed by atoms with van der Waals surface area (Å²) in [4.78, 5) is 12.2. The van der Waals surface area contributed by atoms with Gasteiger partial charge in [0.2, 0.25) is 0 Å². The number of carbonyl (C=O) groups excluding carboxylic acids is 1. The van der Waals surface area contributed by atoms with Gasteiger partial charge in [0, 0.05) is 22.2 Å². The number of aromatic nitrogens is 3. The van der Waals surface area contributed by atoms with Crippen LogP contribution in [-0.2, 0) is 6.54 Å². The maximum absolute atomic E-state index is 12.2. The zero-order valence-electron chi connectivity index (χ0n) is 11.6. The summed E-state index contributed by atoms with van der Waals surface area (Å²) < 4.78 is 1.96. The Bertz CT molecular complexity index is 610. The Morgan fingerprint density at radius 2 is 2.00 bits per heavy atom. The molecular formula is C14H15Cl2N3OS. The number of rotatable bonds is 7. The van der Waals surface area contributed by atoms with E-state index in [9.17, 15) is 4.79 Å². The molecule has 112 valence electrons. The number of unbranched alkanes of at least 4 members (excludes halogenated alkanes) is 1. The number of ketones is 1. The van der Waals surface area contributed by atoms with Gasteiger partial charge in [0.1, 0.15) is 6.33 Å². The van der Waals surface area contributed by atoms with Crippen molar-refractivity contribution in [1.29, 1.82) is 0 Å². The first-order valence-electron chi connectivity index (χ1n) is 6.60. The lowest BCUT2D eigenvalue weighted by molar-refractivity contribution is 0.102. The van der Waals surface area contributed by atoms with Gasteiger partial charge < -0.3 is 4.57 Å². The summed E-state index contributed by atoms with van der Waals surface area (Å²) in [6.45, 7) is 2.99. The summed E-state index contributed by atoms with van der Waals surface area (Å²) in [5, 5.41) is 9.61. The minimum Gasteiger partial charge on any atom is -0.309 e. The van der Waals surface area contributed by atoms with Crippen molar-refractivity contribution >= 4 is 40.7 Å². The first-order valence-corrected chi connectivity index (χ1v) is 8.34. The first kappa shape index (κ1) is 16.3. The molecule has 1 heterocycles. The van der Waals surface area contributed by atoms with Gasteiger partial charge in [0.25, 0.3) is 0 Å². The maximum Gasteiger partial charge on any atom is 0.191 e. The molecular weight excluding hydrogens is 329 g/mol. The standard InChI is InChI=1S/C14H15Cl2N3OS/c1-2-3-4-19-9-17-18-14(19)21-8-13(20)10-5-11(15)7-12(16)6-10/h5-7,9H,2-4,8H2,1H3. The van der Waals surface area contributed by atoms with Gasteiger partial charge in [-0.1, -0.05) is 48.3 Å². The summed E-state index contributed by atoms with van der Waals surface area (Å²) in [7, 11) is 0. The van der Waals surface area contributed by atoms with Gasteiger partial charge in [-0.25, -0.2) is 0 Å². The molecule has 0 saturated carbocycles. The van der Waals surface area contributed by atoms with Gasteiger partial charge in [-0.3, -0.25) is 4.79 Å². The van der Waals surface area contributed by atoms with Gasteiger partial charge in [0.15, 0.2) is 10.9 Å². The third-order valence-electron chi connectivity index (χ3n) is 2.85. The maximum atomic E-state index is 12.2. The monoisotopic (exact) mass is 343 g/mol. The summed E-state index contributed by atoms with van der Waals surface area (Å²) in [5.74, 6) is 0.246. The molecule has 2 aromatic rings. The topological polar surface area (TPSA) is 47.8 Å². The van der Waals surface area contributed by atoms with Crippen LogP contribution in [0.3, 0.4) is 0 Å². The van der Waals surface area contributed by atoms with Gasteiger partial charge in [-0.05, 0) is 24.6 Å². The van der Waals surface area contributed by atoms with Crippen LogP contribution in [-0.4, -0.2) is 26.3 Å². The normalized spacial score (nSPS) is 10.8. The van der Waals surface area contributed by atoms with E-state index in [-0.39, 0.29) is 11.5 Å². The predicted octanol–water partition coefficient (Wildman–Crippen LogP) is 4.36. The molecule has 0 fully saturated rings. The Hall–Kier alpha value is -1.04. The van der Waals surface area contributed by atoms with Crippen LogP contribution < -0.4 is 0 Å². The Kier molecular flexibility index (Phi) is 6.08. The highest BCUT2D eigenvalue weighted by Crippen LogP contribution is 2.22. The van der Waals surface area contributed by atoms with Crippen LogP contribution in [0.4, 0.5) is 0 Å². The van der Waals surface area contributed by atoms with Gasteiger partial charge in [-0.2, -0.15) is 0 Å². The number of halogens is 2. The molecule has 1 aromatic heterocycles. The minimum absolute atomic E-state index is 0.0329. The van der Waals surface area contributed by atoms with Crippen LogP contribution in [0.5, 0.6) is 0 Å². The van der Waals surface area contributed by atoms with E-state index in [4.69, 9.17) is 23.2 Å². The molecule has 1 aromatic carbocycles. The van der Waals surface area contributed by atoms with Gasteiger partial charge >= 0.3 is 0 Å². The van der Waals surface area contributed by atoms with Crippen LogP contribution >= 0.6 is 35.0 Å². The molecule has 0 unspecified atom stereocenters. The third-order valence-corrected chi connectivity index (χ3v) is 4.27. The molecule has 2 rings (SSSR count). The molecule has 0 spiro atoms. The quantitative estimate of drug-likeness (QED) is 0.553. The minimum atomic E-state index is -0.0329. The Morgan fingerprint density at radius 3 is 2.67 bits per heavy atom. The van der Waals surface area contributed by atoms with Gasteiger partial charge in [-0.15, -0.1) is 10.2 Å². The van der Waals surface area contributed by atoms with E-state index in [1.165, 1.54) is 11.8 Å². The lowest BCUT2D eigenvalue weighted by Gasteiger charge is -2.05. The van der Waals surface area contributed by atoms with Crippen molar-refractivity contribution in [3.63, 3.8) is 0 Å². The van der Waals surface area contributed by atoms with Crippen molar-refractivity contribution in [2.24, 2.45) is 0 Å². The molecule has 0 bridgehead atoms. The molecule has 4 nitrogen and oxygen atoms in total. The van der Waals surface area contributed by atoms with Crippen molar-refractivity contribution in [3.05, 3.63) is 40.1 Å². The van der Waals surface area contributed by atoms with Gasteiger partial charge in [0.05, 0.1) is 5.75 Å². The first-order chi connectivity index (χ1) is 10.1. The fourth-order valence-electron chi connectivity index (χ4n) is 1.77. The number of carbonyl (C=O) groups is 1. The number of nitrogens with zero attached hydrogens (tertiary/aromatic N) is 3. The molecule has 0 aliphatic carbocycles. The van der Waals surface area contributed by atoms with Crippen molar-refractivity contribution in [3.8, 4) is 0 Å². The highest BCUT2D eigenvalue weighted by molar-refractivity contribution is 7.99. The second-order valence-corrected chi connectivity index (χ2v) is 6.35. The van der Waals surface area contributed by atoms with E-state index in [0.717, 1.165) is 24.5 Å². The summed E-state index contributed by atoms with van der Waals surface area (Å²) in [5.41, 5.74) is 0.514. The average Bonchev–Trinajstić information content (AvgIpc) is 2.88. The number of benzene rings is 1. The zero-order valence-corrected chi connectivity index (χ0v) is 13.9. The number of hydrogen-bond donors (Lipinski definition) is 0. The summed E-state index contributed by atoms with van der Waals surface area (Å²) in [6, 6.07) is 4.85. The Labute approximate surface area is 137 Å². The number of hydrogen-bond acceptors (Lipinski definition) is 4. The molecule has 0 radical (unpaired) electrons. The van der Waals surface area contributed by atoms with E-state index >= 15 is 0 Å². The summed E-state index contributed by atoms with van der Waals surface area (Å²) in [6.07, 6.45) is 3.85. The van der Waals surface area contributed by atoms with Crippen LogP contribution in [0.1, 0.15) is 30.1 Å². The van der Waals surface area contributed by atoms with E-state index in [2.05, 4.69) is 17.1 Å². The third kappa shape index (κ3) is 4.73. The molecule has 7 heteroatoms. The Balaban J connectivity index is 1.99. The number of Topliss-reactive ketones (excluding diaryl/α,β-unsaturated/α-hetero) is 1. The number of thioether (sulfide) groups is 1. The van der Waals surface area contributed by atoms with Crippen LogP contribution in [0.15, 0.2) is 29.7 Å². The molecule has 0 aliphatic rings. The van der Waals surface area contributed by atoms with Crippen LogP contribution in [0.25, 0.3) is 0 Å². The van der Waals surface area contributed by atoms with E-state index in [1.54, 1.807) is 24.5 Å². The van der Waals surface area contributed by atoms with Crippen LogP contribution in [0, 0.1) is 0 Å². The van der Waals surface area contributed by atoms with Crippen molar-refractivity contribution < 1.29 is 4.79 Å². The van der Waals surface area contributed by atoms with Crippen molar-refractivity contribution in [2.45, 2.75) is 31.5 Å². The van der Waals surface area contributed by atoms with E-state index in [1.807, 2.05) is 4.57 Å². The largest absolute Gasteiger partial charge is 0.309 e. The fourth-order valence-corrected chi connectivity index (χ4v) is 3.13. The molecule has 0 atom stereocenters. The lowest BCUT2D eigenvalue weighted by atomic mass is 10.1. The Morgan fingerprint density at radius 1 is 1.29 bits per heavy atom. The molecule has 0 amide bonds. The lowest BCUT2D eigenvalue weighted by Crippen LogP contribution is -2.05. The highest BCUT2D eigenvalue weighted by Gasteiger charge is 2.11. The zero-order chi connectivity index (χ0) is 15.2. The number of aryl methyl sites for hydroxylation is 1. The molecule has 0 saturated heterocycles. The fraction of sp³-hybridized carbons (Fsp3) is 0.357. The SMILES string of the molecule is CCCCn1cnnc1SCC(=O)c1cc(Cl)cc(Cl)c1. The van der Waals surface area contributed by atoms with Crippen molar-refractivity contribution in [2.75, 3.05) is 5.75 Å². The van der Waals surface area contributed by atoms with Crippen molar-refractivity contribution in [1.82, 2.24) is 14.8 Å². The highest BCUT2D eigenvalue weighted by atomic mass is 35.5. The predicted molar refractivity (Wildman–Crippen MR) is 86.4 cm³/mol. The van der Waals surface area contributed by atoms with Crippen LogP contribution in [0.2, 0.25) is 10.0 Å². The summed E-state index contributed by atoms with van der Waals surface area (Å²) >= 11 is 13.2. The molecule has 0 N–H and O–H groups in total. The second kappa shape index (κ2) is 7.82. The molecule has 0 aliphatic heterocycles. The molecule has 21 heavy (non-hydrogen) atoms. The van der Waals surface area contributed by atoms with E-state index < -0.39 is 0 Å². The second-order valence-electron chi connectivity index (χ2n) is 4.53. The average molecular weight is 344 g/mol.